The van der Waals surface area contributed by atoms with Crippen molar-refractivity contribution in [1.29, 1.82) is 0 Å². The molecule has 3 rings (SSSR count). The van der Waals surface area contributed by atoms with Crippen molar-refractivity contribution in [2.24, 2.45) is 0 Å². The second-order valence-corrected chi connectivity index (χ2v) is 6.74. The average Bonchev–Trinajstić information content (AvgIpc) is 2.67. The van der Waals surface area contributed by atoms with Crippen LogP contribution in [0, 0.1) is 0 Å². The van der Waals surface area contributed by atoms with Gasteiger partial charge in [0, 0.05) is 15.6 Å². The number of ether oxygens (including phenoxy) is 2. The highest BCUT2D eigenvalue weighted by Gasteiger charge is 2.07. The first-order valence-corrected chi connectivity index (χ1v) is 9.31. The van der Waals surface area contributed by atoms with Gasteiger partial charge in [-0.15, -0.1) is 0 Å². The Hall–Kier alpha value is -2.56. The predicted octanol–water partition coefficient (Wildman–Crippen LogP) is 6.86. The molecule has 29 heavy (non-hydrogen) atoms. The molecule has 3 aromatic rings. The number of ketones is 1. The van der Waals surface area contributed by atoms with Crippen molar-refractivity contribution >= 4 is 45.7 Å². The monoisotopic (exact) mass is 434 g/mol. The molecular formula is C23H24Cl2O4. The molecule has 0 aromatic heterocycles. The Morgan fingerprint density at radius 3 is 2.00 bits per heavy atom. The largest absolute Gasteiger partial charge is 0.497 e. The lowest BCUT2D eigenvalue weighted by Gasteiger charge is -2.03. The Morgan fingerprint density at radius 2 is 1.45 bits per heavy atom. The van der Waals surface area contributed by atoms with Crippen LogP contribution in [0.4, 0.5) is 0 Å². The Morgan fingerprint density at radius 1 is 0.862 bits per heavy atom. The topological polar surface area (TPSA) is 52.6 Å². The standard InChI is InChI=1S/C13H12O2.C9H8Cl2O2.CH4/c1-9(14)10-3-4-12-8-13(15-2)6-5-11(12)7-10;1-2-13-9(12)6-3-7(10)5-8(11)4-6;/h3-8H,1-2H3;3-5H,2H2,1H3;1H4. The van der Waals surface area contributed by atoms with Crippen LogP contribution >= 0.6 is 23.2 Å². The number of carbonyl (C=O) groups is 2. The predicted molar refractivity (Wildman–Crippen MR) is 120 cm³/mol. The second kappa shape index (κ2) is 11.4. The molecule has 0 atom stereocenters. The van der Waals surface area contributed by atoms with E-state index in [-0.39, 0.29) is 13.2 Å². The minimum atomic E-state index is -0.410. The van der Waals surface area contributed by atoms with E-state index in [2.05, 4.69) is 0 Å². The maximum absolute atomic E-state index is 11.2. The van der Waals surface area contributed by atoms with Gasteiger partial charge < -0.3 is 9.47 Å². The van der Waals surface area contributed by atoms with Crippen LogP contribution in [-0.2, 0) is 4.74 Å². The van der Waals surface area contributed by atoms with Crippen LogP contribution in [0.5, 0.6) is 5.75 Å². The lowest BCUT2D eigenvalue weighted by molar-refractivity contribution is 0.0526. The first-order chi connectivity index (χ1) is 13.3. The van der Waals surface area contributed by atoms with Gasteiger partial charge in [0.15, 0.2) is 5.78 Å². The SMILES string of the molecule is C.CCOC(=O)c1cc(Cl)cc(Cl)c1.COc1ccc2cc(C(C)=O)ccc2c1. The van der Waals surface area contributed by atoms with E-state index in [1.807, 2.05) is 36.4 Å². The summed E-state index contributed by atoms with van der Waals surface area (Å²) in [5.74, 6) is 0.512. The van der Waals surface area contributed by atoms with E-state index < -0.39 is 5.97 Å². The van der Waals surface area contributed by atoms with Crippen molar-refractivity contribution < 1.29 is 19.1 Å². The summed E-state index contributed by atoms with van der Waals surface area (Å²) < 4.78 is 9.91. The molecule has 154 valence electrons. The minimum absolute atomic E-state index is 0. The molecule has 0 aliphatic heterocycles. The molecule has 0 spiro atoms. The van der Waals surface area contributed by atoms with E-state index in [0.717, 1.165) is 22.1 Å². The highest BCUT2D eigenvalue weighted by Crippen LogP contribution is 2.22. The van der Waals surface area contributed by atoms with Gasteiger partial charge in [0.1, 0.15) is 5.75 Å². The number of methoxy groups -OCH3 is 1. The number of halogens is 2. The molecular weight excluding hydrogens is 411 g/mol. The van der Waals surface area contributed by atoms with Crippen molar-refractivity contribution in [3.63, 3.8) is 0 Å². The third-order valence-electron chi connectivity index (χ3n) is 3.83. The van der Waals surface area contributed by atoms with Gasteiger partial charge in [-0.1, -0.05) is 48.8 Å². The summed E-state index contributed by atoms with van der Waals surface area (Å²) in [6.45, 7) is 3.65. The fourth-order valence-electron chi connectivity index (χ4n) is 2.46. The van der Waals surface area contributed by atoms with E-state index in [1.165, 1.54) is 12.1 Å². The number of hydrogen-bond acceptors (Lipinski definition) is 4. The lowest BCUT2D eigenvalue weighted by Crippen LogP contribution is -2.04. The molecule has 0 saturated carbocycles. The Labute approximate surface area is 181 Å². The maximum Gasteiger partial charge on any atom is 0.338 e. The summed E-state index contributed by atoms with van der Waals surface area (Å²) in [6.07, 6.45) is 0. The quantitative estimate of drug-likeness (QED) is 0.332. The Kier molecular flexibility index (Phi) is 9.66. The zero-order chi connectivity index (χ0) is 20.7. The van der Waals surface area contributed by atoms with Crippen molar-refractivity contribution in [2.75, 3.05) is 13.7 Å². The van der Waals surface area contributed by atoms with Crippen molar-refractivity contribution in [1.82, 2.24) is 0 Å². The van der Waals surface area contributed by atoms with Gasteiger partial charge in [0.25, 0.3) is 0 Å². The molecule has 0 aliphatic rings. The number of esters is 1. The normalized spacial score (nSPS) is 9.69. The van der Waals surface area contributed by atoms with Crippen LogP contribution < -0.4 is 4.74 Å². The molecule has 0 radical (unpaired) electrons. The molecule has 0 saturated heterocycles. The van der Waals surface area contributed by atoms with Gasteiger partial charge in [-0.25, -0.2) is 4.79 Å². The first kappa shape index (κ1) is 24.5. The van der Waals surface area contributed by atoms with Gasteiger partial charge >= 0.3 is 5.97 Å². The molecule has 0 bridgehead atoms. The van der Waals surface area contributed by atoms with Crippen LogP contribution in [0.25, 0.3) is 10.8 Å². The third-order valence-corrected chi connectivity index (χ3v) is 4.26. The van der Waals surface area contributed by atoms with E-state index in [1.54, 1.807) is 27.0 Å². The molecule has 0 unspecified atom stereocenters. The molecule has 3 aromatic carbocycles. The van der Waals surface area contributed by atoms with Crippen LogP contribution in [0.1, 0.15) is 42.0 Å². The summed E-state index contributed by atoms with van der Waals surface area (Å²) in [4.78, 5) is 22.4. The number of benzene rings is 3. The second-order valence-electron chi connectivity index (χ2n) is 5.86. The van der Waals surface area contributed by atoms with E-state index in [0.29, 0.717) is 22.2 Å². The van der Waals surface area contributed by atoms with Crippen molar-refractivity contribution in [2.45, 2.75) is 21.3 Å². The number of rotatable bonds is 4. The molecule has 0 amide bonds. The number of fused-ring (bicyclic) bond motifs is 1. The Balaban J connectivity index is 0.000000284. The van der Waals surface area contributed by atoms with Crippen molar-refractivity contribution in [3.8, 4) is 5.75 Å². The first-order valence-electron chi connectivity index (χ1n) is 8.56. The zero-order valence-corrected chi connectivity index (χ0v) is 17.3. The van der Waals surface area contributed by atoms with Gasteiger partial charge in [0.2, 0.25) is 0 Å². The molecule has 4 nitrogen and oxygen atoms in total. The highest BCUT2D eigenvalue weighted by molar-refractivity contribution is 6.35. The molecule has 0 fully saturated rings. The molecule has 0 N–H and O–H groups in total. The van der Waals surface area contributed by atoms with E-state index in [9.17, 15) is 9.59 Å². The molecule has 6 heteroatoms. The Bertz CT molecular complexity index is 979. The van der Waals surface area contributed by atoms with E-state index in [4.69, 9.17) is 32.7 Å². The summed E-state index contributed by atoms with van der Waals surface area (Å²) in [7, 11) is 1.64. The van der Waals surface area contributed by atoms with E-state index >= 15 is 0 Å². The minimum Gasteiger partial charge on any atom is -0.497 e. The van der Waals surface area contributed by atoms with Crippen LogP contribution in [0.15, 0.2) is 54.6 Å². The smallest absolute Gasteiger partial charge is 0.338 e. The summed E-state index contributed by atoms with van der Waals surface area (Å²) in [5, 5.41) is 2.99. The van der Waals surface area contributed by atoms with Crippen LogP contribution in [-0.4, -0.2) is 25.5 Å². The molecule has 0 heterocycles. The molecule has 0 aliphatic carbocycles. The van der Waals surface area contributed by atoms with Crippen LogP contribution in [0.3, 0.4) is 0 Å². The summed E-state index contributed by atoms with van der Waals surface area (Å²) in [6, 6.07) is 16.1. The number of carbonyl (C=O) groups excluding carboxylic acids is 2. The fourth-order valence-corrected chi connectivity index (χ4v) is 2.98. The maximum atomic E-state index is 11.2. The lowest BCUT2D eigenvalue weighted by atomic mass is 10.0. The van der Waals surface area contributed by atoms with Gasteiger partial charge in [-0.05, 0) is 61.0 Å². The van der Waals surface area contributed by atoms with Crippen molar-refractivity contribution in [3.05, 3.63) is 75.8 Å². The van der Waals surface area contributed by atoms with Crippen LogP contribution in [0.2, 0.25) is 10.0 Å². The average molecular weight is 435 g/mol. The summed E-state index contributed by atoms with van der Waals surface area (Å²) in [5.41, 5.74) is 1.12. The third kappa shape index (κ3) is 7.08. The number of Topliss-reactive ketones (excluding diaryl/α,β-unsaturated/α-hetero) is 1. The zero-order valence-electron chi connectivity index (χ0n) is 15.8. The van der Waals surface area contributed by atoms with Gasteiger partial charge in [0.05, 0.1) is 19.3 Å². The fraction of sp³-hybridized carbons (Fsp3) is 0.217. The van der Waals surface area contributed by atoms with Gasteiger partial charge in [-0.2, -0.15) is 0 Å². The summed E-state index contributed by atoms with van der Waals surface area (Å²) >= 11 is 11.4. The van der Waals surface area contributed by atoms with Gasteiger partial charge in [-0.3, -0.25) is 4.79 Å². The number of hydrogen-bond donors (Lipinski definition) is 0. The highest BCUT2D eigenvalue weighted by atomic mass is 35.5.